The molecule has 0 aromatic heterocycles. The number of halogens is 1. The number of benzene rings is 1. The summed E-state index contributed by atoms with van der Waals surface area (Å²) in [6, 6.07) is 9.31. The highest BCUT2D eigenvalue weighted by molar-refractivity contribution is 5.87. The van der Waals surface area contributed by atoms with E-state index in [2.05, 4.69) is 5.32 Å². The van der Waals surface area contributed by atoms with E-state index in [0.29, 0.717) is 13.0 Å². The van der Waals surface area contributed by atoms with E-state index in [0.717, 1.165) is 5.56 Å². The number of hydrogen-bond donors (Lipinski definition) is 3. The van der Waals surface area contributed by atoms with Gasteiger partial charge in [0, 0.05) is 6.54 Å². The number of aliphatic hydroxyl groups is 1. The van der Waals surface area contributed by atoms with Crippen LogP contribution in [0.5, 0.6) is 0 Å². The molecule has 0 heterocycles. The minimum atomic E-state index is -1.04. The Kier molecular flexibility index (Phi) is 7.79. The molecule has 0 spiro atoms. The molecule has 20 heavy (non-hydrogen) atoms. The van der Waals surface area contributed by atoms with Crippen LogP contribution in [0.2, 0.25) is 0 Å². The second-order valence-corrected chi connectivity index (χ2v) is 5.47. The van der Waals surface area contributed by atoms with Crippen LogP contribution in [-0.2, 0) is 10.3 Å². The molecular weight excluding hydrogens is 276 g/mol. The van der Waals surface area contributed by atoms with Crippen molar-refractivity contribution in [3.05, 3.63) is 35.9 Å². The molecule has 4 N–H and O–H groups in total. The van der Waals surface area contributed by atoms with Crippen LogP contribution in [-0.4, -0.2) is 23.7 Å². The summed E-state index contributed by atoms with van der Waals surface area (Å²) < 4.78 is 0. The van der Waals surface area contributed by atoms with E-state index < -0.39 is 5.54 Å². The SMILES string of the molecule is CC(O)CC(C)CNC(=O)C(C)(N)c1ccccc1.Cl. The lowest BCUT2D eigenvalue weighted by atomic mass is 9.92. The lowest BCUT2D eigenvalue weighted by Crippen LogP contribution is -2.50. The summed E-state index contributed by atoms with van der Waals surface area (Å²) >= 11 is 0. The van der Waals surface area contributed by atoms with Crippen molar-refractivity contribution in [1.82, 2.24) is 5.32 Å². The average Bonchev–Trinajstić information content (AvgIpc) is 2.36. The summed E-state index contributed by atoms with van der Waals surface area (Å²) in [7, 11) is 0. The van der Waals surface area contributed by atoms with Crippen LogP contribution in [0.15, 0.2) is 30.3 Å². The molecule has 0 aliphatic carbocycles. The van der Waals surface area contributed by atoms with Crippen LogP contribution in [0.4, 0.5) is 0 Å². The van der Waals surface area contributed by atoms with E-state index in [1.807, 2.05) is 37.3 Å². The maximum absolute atomic E-state index is 12.2. The van der Waals surface area contributed by atoms with Gasteiger partial charge in [0.1, 0.15) is 5.54 Å². The molecule has 0 aliphatic rings. The highest BCUT2D eigenvalue weighted by Crippen LogP contribution is 2.17. The molecule has 0 bridgehead atoms. The molecule has 1 aromatic carbocycles. The first-order valence-electron chi connectivity index (χ1n) is 6.64. The van der Waals surface area contributed by atoms with E-state index in [9.17, 15) is 9.90 Å². The Hall–Kier alpha value is -1.10. The Bertz CT molecular complexity index is 408. The number of amides is 1. The molecule has 4 nitrogen and oxygen atoms in total. The van der Waals surface area contributed by atoms with Crippen LogP contribution < -0.4 is 11.1 Å². The molecule has 0 saturated carbocycles. The Morgan fingerprint density at radius 2 is 1.90 bits per heavy atom. The highest BCUT2D eigenvalue weighted by atomic mass is 35.5. The lowest BCUT2D eigenvalue weighted by Gasteiger charge is -2.25. The first-order chi connectivity index (χ1) is 8.84. The fraction of sp³-hybridized carbons (Fsp3) is 0.533. The normalized spacial score (nSPS) is 16.4. The minimum absolute atomic E-state index is 0. The van der Waals surface area contributed by atoms with Gasteiger partial charge in [0.05, 0.1) is 6.10 Å². The van der Waals surface area contributed by atoms with Gasteiger partial charge < -0.3 is 16.2 Å². The van der Waals surface area contributed by atoms with Crippen molar-refractivity contribution in [2.75, 3.05) is 6.54 Å². The van der Waals surface area contributed by atoms with Crippen molar-refractivity contribution in [1.29, 1.82) is 0 Å². The van der Waals surface area contributed by atoms with Gasteiger partial charge in [-0.1, -0.05) is 37.3 Å². The maximum atomic E-state index is 12.2. The molecule has 114 valence electrons. The van der Waals surface area contributed by atoms with Crippen LogP contribution in [0, 0.1) is 5.92 Å². The van der Waals surface area contributed by atoms with Crippen LogP contribution in [0.1, 0.15) is 32.8 Å². The fourth-order valence-corrected chi connectivity index (χ4v) is 2.03. The van der Waals surface area contributed by atoms with Gasteiger partial charge in [0.25, 0.3) is 0 Å². The lowest BCUT2D eigenvalue weighted by molar-refractivity contribution is -0.126. The van der Waals surface area contributed by atoms with Gasteiger partial charge >= 0.3 is 0 Å². The molecule has 3 atom stereocenters. The third kappa shape index (κ3) is 5.49. The summed E-state index contributed by atoms with van der Waals surface area (Å²) in [6.45, 7) is 5.96. The summed E-state index contributed by atoms with van der Waals surface area (Å²) in [4.78, 5) is 12.2. The molecule has 0 aliphatic heterocycles. The molecule has 0 radical (unpaired) electrons. The minimum Gasteiger partial charge on any atom is -0.393 e. The predicted octanol–water partition coefficient (Wildman–Crippen LogP) is 1.81. The van der Waals surface area contributed by atoms with Gasteiger partial charge in [-0.2, -0.15) is 0 Å². The Morgan fingerprint density at radius 1 is 1.35 bits per heavy atom. The molecule has 1 aromatic rings. The maximum Gasteiger partial charge on any atom is 0.244 e. The third-order valence-electron chi connectivity index (χ3n) is 3.20. The summed E-state index contributed by atoms with van der Waals surface area (Å²) in [5.41, 5.74) is 5.86. The number of rotatable bonds is 6. The van der Waals surface area contributed by atoms with Crippen LogP contribution in [0.25, 0.3) is 0 Å². The van der Waals surface area contributed by atoms with E-state index in [1.54, 1.807) is 13.8 Å². The summed E-state index contributed by atoms with van der Waals surface area (Å²) in [6.07, 6.45) is 0.303. The second-order valence-electron chi connectivity index (χ2n) is 5.47. The first kappa shape index (κ1) is 18.9. The van der Waals surface area contributed by atoms with Crippen molar-refractivity contribution < 1.29 is 9.90 Å². The molecule has 0 fully saturated rings. The van der Waals surface area contributed by atoms with E-state index >= 15 is 0 Å². The number of carbonyl (C=O) groups is 1. The highest BCUT2D eigenvalue weighted by Gasteiger charge is 2.30. The van der Waals surface area contributed by atoms with Crippen LogP contribution >= 0.6 is 12.4 Å². The Morgan fingerprint density at radius 3 is 2.40 bits per heavy atom. The third-order valence-corrected chi connectivity index (χ3v) is 3.20. The average molecular weight is 301 g/mol. The van der Waals surface area contributed by atoms with Crippen LogP contribution in [0.3, 0.4) is 0 Å². The van der Waals surface area contributed by atoms with Crippen molar-refractivity contribution in [2.45, 2.75) is 38.8 Å². The zero-order chi connectivity index (χ0) is 14.5. The van der Waals surface area contributed by atoms with E-state index in [4.69, 9.17) is 5.73 Å². The summed E-state index contributed by atoms with van der Waals surface area (Å²) in [5.74, 6) is 0.0201. The number of nitrogens with one attached hydrogen (secondary N) is 1. The molecule has 1 rings (SSSR count). The smallest absolute Gasteiger partial charge is 0.244 e. The van der Waals surface area contributed by atoms with E-state index in [1.165, 1.54) is 0 Å². The standard InChI is InChI=1S/C15H24N2O2.ClH/c1-11(9-12(2)18)10-17-14(19)15(3,16)13-7-5-4-6-8-13;/h4-8,11-12,18H,9-10,16H2,1-3H3,(H,17,19);1H. The first-order valence-corrected chi connectivity index (χ1v) is 6.64. The van der Waals surface area contributed by atoms with Crippen molar-refractivity contribution in [3.8, 4) is 0 Å². The Balaban J connectivity index is 0.00000361. The van der Waals surface area contributed by atoms with Gasteiger partial charge in [-0.05, 0) is 31.7 Å². The van der Waals surface area contributed by atoms with Gasteiger partial charge in [0.15, 0.2) is 0 Å². The summed E-state index contributed by atoms with van der Waals surface area (Å²) in [5, 5.41) is 12.1. The van der Waals surface area contributed by atoms with Gasteiger partial charge in [-0.15, -0.1) is 12.4 Å². The molecule has 5 heteroatoms. The fourth-order valence-electron chi connectivity index (χ4n) is 2.03. The van der Waals surface area contributed by atoms with Gasteiger partial charge in [-0.3, -0.25) is 4.79 Å². The molecule has 3 unspecified atom stereocenters. The number of carbonyl (C=O) groups excluding carboxylic acids is 1. The van der Waals surface area contributed by atoms with Crippen molar-refractivity contribution >= 4 is 18.3 Å². The zero-order valence-corrected chi connectivity index (χ0v) is 13.1. The zero-order valence-electron chi connectivity index (χ0n) is 12.3. The van der Waals surface area contributed by atoms with E-state index in [-0.39, 0.29) is 30.3 Å². The predicted molar refractivity (Wildman–Crippen MR) is 83.7 cm³/mol. The number of hydrogen-bond acceptors (Lipinski definition) is 3. The topological polar surface area (TPSA) is 75.3 Å². The number of aliphatic hydroxyl groups excluding tert-OH is 1. The second kappa shape index (κ2) is 8.25. The van der Waals surface area contributed by atoms with Gasteiger partial charge in [-0.25, -0.2) is 0 Å². The molecular formula is C15H25ClN2O2. The van der Waals surface area contributed by atoms with Gasteiger partial charge in [0.2, 0.25) is 5.91 Å². The van der Waals surface area contributed by atoms with Crippen molar-refractivity contribution in [2.24, 2.45) is 11.7 Å². The quantitative estimate of drug-likeness (QED) is 0.750. The monoisotopic (exact) mass is 300 g/mol. The van der Waals surface area contributed by atoms with Crippen molar-refractivity contribution in [3.63, 3.8) is 0 Å². The number of nitrogens with two attached hydrogens (primary N) is 1. The Labute approximate surface area is 127 Å². The molecule has 0 saturated heterocycles. The largest absolute Gasteiger partial charge is 0.393 e. The molecule has 1 amide bonds.